The topological polar surface area (TPSA) is 52.7 Å². The van der Waals surface area contributed by atoms with Crippen molar-refractivity contribution in [2.24, 2.45) is 0 Å². The highest BCUT2D eigenvalue weighted by molar-refractivity contribution is 5.92. The molecule has 1 N–H and O–H groups in total. The van der Waals surface area contributed by atoms with Crippen LogP contribution >= 0.6 is 0 Å². The highest BCUT2D eigenvalue weighted by atomic mass is 16.2. The fourth-order valence-electron chi connectivity index (χ4n) is 3.03. The summed E-state index contributed by atoms with van der Waals surface area (Å²) >= 11 is 0. The summed E-state index contributed by atoms with van der Waals surface area (Å²) in [5.74, 6) is 0.00517. The van der Waals surface area contributed by atoms with Crippen molar-refractivity contribution in [1.82, 2.24) is 5.32 Å². The largest absolute Gasteiger partial charge is 0.372 e. The smallest absolute Gasteiger partial charge is 0.223 e. The van der Waals surface area contributed by atoms with Crippen molar-refractivity contribution in [3.8, 4) is 0 Å². The maximum absolute atomic E-state index is 11.9. The van der Waals surface area contributed by atoms with Crippen LogP contribution in [0.2, 0.25) is 0 Å². The van der Waals surface area contributed by atoms with Crippen LogP contribution in [0, 0.1) is 0 Å². The molecule has 1 aromatic rings. The van der Waals surface area contributed by atoms with Gasteiger partial charge in [0.15, 0.2) is 0 Å². The van der Waals surface area contributed by atoms with E-state index in [2.05, 4.69) is 22.3 Å². The molecule has 2 aliphatic rings. The normalized spacial score (nSPS) is 17.2. The molecule has 1 heterocycles. The van der Waals surface area contributed by atoms with Crippen LogP contribution < -0.4 is 15.1 Å². The Balaban J connectivity index is 1.60. The molecule has 0 atom stereocenters. The Morgan fingerprint density at radius 1 is 1.17 bits per heavy atom. The Morgan fingerprint density at radius 2 is 1.83 bits per heavy atom. The predicted octanol–water partition coefficient (Wildman–Crippen LogP) is 2.31. The van der Waals surface area contributed by atoms with Gasteiger partial charge in [-0.1, -0.05) is 0 Å². The van der Waals surface area contributed by atoms with Crippen LogP contribution in [0.1, 0.15) is 39.0 Å². The lowest BCUT2D eigenvalue weighted by molar-refractivity contribution is -0.121. The lowest BCUT2D eigenvalue weighted by atomic mass is 10.2. The Bertz CT molecular complexity index is 560. The van der Waals surface area contributed by atoms with E-state index in [1.165, 1.54) is 18.5 Å². The van der Waals surface area contributed by atoms with Crippen LogP contribution in [0.25, 0.3) is 0 Å². The molecule has 3 rings (SSSR count). The van der Waals surface area contributed by atoms with E-state index in [0.717, 1.165) is 31.6 Å². The summed E-state index contributed by atoms with van der Waals surface area (Å²) in [7, 11) is 0. The minimum Gasteiger partial charge on any atom is -0.372 e. The van der Waals surface area contributed by atoms with E-state index in [1.807, 2.05) is 12.1 Å². The van der Waals surface area contributed by atoms with Crippen molar-refractivity contribution in [3.63, 3.8) is 0 Å². The van der Waals surface area contributed by atoms with Crippen LogP contribution in [0.4, 0.5) is 11.4 Å². The molecule has 0 spiro atoms. The number of hydrogen-bond acceptors (Lipinski definition) is 3. The summed E-state index contributed by atoms with van der Waals surface area (Å²) in [6, 6.07) is 8.47. The van der Waals surface area contributed by atoms with Gasteiger partial charge in [0.2, 0.25) is 11.8 Å². The van der Waals surface area contributed by atoms with E-state index in [1.54, 1.807) is 11.8 Å². The summed E-state index contributed by atoms with van der Waals surface area (Å²) < 4.78 is 0. The fourth-order valence-corrected chi connectivity index (χ4v) is 3.03. The average Bonchev–Trinajstić information content (AvgIpc) is 3.17. The molecule has 0 aromatic heterocycles. The SMILES string of the molecule is CC(=O)N(CCC(=O)NC1CC1)c1ccc(N2CCCC2)cc1. The first-order valence-electron chi connectivity index (χ1n) is 8.56. The summed E-state index contributed by atoms with van der Waals surface area (Å²) in [5, 5.41) is 2.96. The molecule has 1 aliphatic carbocycles. The number of carbonyl (C=O) groups excluding carboxylic acids is 2. The second kappa shape index (κ2) is 7.02. The van der Waals surface area contributed by atoms with Crippen LogP contribution in [-0.2, 0) is 9.59 Å². The summed E-state index contributed by atoms with van der Waals surface area (Å²) in [6.45, 7) is 4.19. The van der Waals surface area contributed by atoms with Gasteiger partial charge in [-0.2, -0.15) is 0 Å². The molecule has 0 bridgehead atoms. The quantitative estimate of drug-likeness (QED) is 0.876. The molecule has 5 nitrogen and oxygen atoms in total. The van der Waals surface area contributed by atoms with Gasteiger partial charge in [0.1, 0.15) is 0 Å². The van der Waals surface area contributed by atoms with Crippen LogP contribution in [0.5, 0.6) is 0 Å². The molecule has 0 radical (unpaired) electrons. The lowest BCUT2D eigenvalue weighted by Gasteiger charge is -2.23. The first kappa shape index (κ1) is 15.8. The maximum atomic E-state index is 11.9. The van der Waals surface area contributed by atoms with Gasteiger partial charge in [-0.15, -0.1) is 0 Å². The second-order valence-corrected chi connectivity index (χ2v) is 6.47. The molecule has 1 saturated carbocycles. The zero-order valence-corrected chi connectivity index (χ0v) is 13.8. The van der Waals surface area contributed by atoms with E-state index in [0.29, 0.717) is 19.0 Å². The number of amides is 2. The predicted molar refractivity (Wildman–Crippen MR) is 91.7 cm³/mol. The molecular formula is C18H25N3O2. The van der Waals surface area contributed by atoms with Gasteiger partial charge < -0.3 is 15.1 Å². The number of nitrogens with zero attached hydrogens (tertiary/aromatic N) is 2. The monoisotopic (exact) mass is 315 g/mol. The van der Waals surface area contributed by atoms with E-state index in [9.17, 15) is 9.59 Å². The van der Waals surface area contributed by atoms with Gasteiger partial charge in [0, 0.05) is 50.4 Å². The van der Waals surface area contributed by atoms with Gasteiger partial charge in [-0.25, -0.2) is 0 Å². The molecule has 2 amide bonds. The zero-order chi connectivity index (χ0) is 16.2. The lowest BCUT2D eigenvalue weighted by Crippen LogP contribution is -2.34. The van der Waals surface area contributed by atoms with Gasteiger partial charge in [-0.3, -0.25) is 9.59 Å². The Hall–Kier alpha value is -2.04. The number of benzene rings is 1. The Labute approximate surface area is 137 Å². The average molecular weight is 315 g/mol. The number of carbonyl (C=O) groups is 2. The van der Waals surface area contributed by atoms with Crippen molar-refractivity contribution < 1.29 is 9.59 Å². The van der Waals surface area contributed by atoms with Gasteiger partial charge in [0.05, 0.1) is 0 Å². The van der Waals surface area contributed by atoms with Crippen molar-refractivity contribution in [1.29, 1.82) is 0 Å². The van der Waals surface area contributed by atoms with Crippen molar-refractivity contribution >= 4 is 23.2 Å². The number of hydrogen-bond donors (Lipinski definition) is 1. The van der Waals surface area contributed by atoms with E-state index in [-0.39, 0.29) is 11.8 Å². The minimum atomic E-state index is -0.0295. The summed E-state index contributed by atoms with van der Waals surface area (Å²) in [5.41, 5.74) is 2.07. The van der Waals surface area contributed by atoms with E-state index < -0.39 is 0 Å². The van der Waals surface area contributed by atoms with Crippen LogP contribution in [-0.4, -0.2) is 37.5 Å². The highest BCUT2D eigenvalue weighted by Gasteiger charge is 2.23. The van der Waals surface area contributed by atoms with Gasteiger partial charge in [0.25, 0.3) is 0 Å². The number of nitrogens with one attached hydrogen (secondary N) is 1. The zero-order valence-electron chi connectivity index (χ0n) is 13.8. The third-order valence-electron chi connectivity index (χ3n) is 4.52. The molecule has 2 fully saturated rings. The molecule has 5 heteroatoms. The molecule has 1 aromatic carbocycles. The van der Waals surface area contributed by atoms with Crippen LogP contribution in [0.15, 0.2) is 24.3 Å². The van der Waals surface area contributed by atoms with Gasteiger partial charge >= 0.3 is 0 Å². The standard InChI is InChI=1S/C18H25N3O2/c1-14(22)21(13-10-18(23)19-15-4-5-15)17-8-6-16(7-9-17)20-11-2-3-12-20/h6-9,15H,2-5,10-13H2,1H3,(H,19,23). The maximum Gasteiger partial charge on any atom is 0.223 e. The van der Waals surface area contributed by atoms with Crippen molar-refractivity contribution in [2.75, 3.05) is 29.4 Å². The molecule has 124 valence electrons. The summed E-state index contributed by atoms with van der Waals surface area (Å²) in [6.07, 6.45) is 5.01. The van der Waals surface area contributed by atoms with Gasteiger partial charge in [-0.05, 0) is 49.9 Å². The molecular weight excluding hydrogens is 290 g/mol. The third kappa shape index (κ3) is 4.24. The summed E-state index contributed by atoms with van der Waals surface area (Å²) in [4.78, 5) is 27.8. The van der Waals surface area contributed by atoms with Crippen LogP contribution in [0.3, 0.4) is 0 Å². The Morgan fingerprint density at radius 3 is 2.39 bits per heavy atom. The first-order chi connectivity index (χ1) is 11.1. The van der Waals surface area contributed by atoms with E-state index in [4.69, 9.17) is 0 Å². The molecule has 23 heavy (non-hydrogen) atoms. The second-order valence-electron chi connectivity index (χ2n) is 6.47. The van der Waals surface area contributed by atoms with Crippen molar-refractivity contribution in [3.05, 3.63) is 24.3 Å². The molecule has 1 saturated heterocycles. The highest BCUT2D eigenvalue weighted by Crippen LogP contribution is 2.24. The fraction of sp³-hybridized carbons (Fsp3) is 0.556. The molecule has 1 aliphatic heterocycles. The number of rotatable bonds is 6. The Kier molecular flexibility index (Phi) is 4.84. The van der Waals surface area contributed by atoms with Crippen molar-refractivity contribution in [2.45, 2.75) is 45.1 Å². The minimum absolute atomic E-state index is 0.0295. The van der Waals surface area contributed by atoms with E-state index >= 15 is 0 Å². The first-order valence-corrected chi connectivity index (χ1v) is 8.56. The third-order valence-corrected chi connectivity index (χ3v) is 4.52. The molecule has 0 unspecified atom stereocenters. The number of anilines is 2.